The zero-order chi connectivity index (χ0) is 19.5. The molecule has 26 heavy (non-hydrogen) atoms. The van der Waals surface area contributed by atoms with Crippen molar-refractivity contribution in [1.82, 2.24) is 9.97 Å². The van der Waals surface area contributed by atoms with E-state index in [1.54, 1.807) is 12.1 Å². The molecule has 0 radical (unpaired) electrons. The number of halogens is 3. The minimum absolute atomic E-state index is 0.00628. The van der Waals surface area contributed by atoms with Crippen LogP contribution in [0.1, 0.15) is 32.3 Å². The van der Waals surface area contributed by atoms with Gasteiger partial charge in [-0.1, -0.05) is 25.4 Å². The van der Waals surface area contributed by atoms with E-state index in [1.807, 2.05) is 13.8 Å². The molecule has 0 atom stereocenters. The van der Waals surface area contributed by atoms with Gasteiger partial charge in [0, 0.05) is 18.6 Å². The average molecular weight is 387 g/mol. The fourth-order valence-corrected chi connectivity index (χ4v) is 2.38. The van der Waals surface area contributed by atoms with E-state index in [4.69, 9.17) is 26.8 Å². The van der Waals surface area contributed by atoms with E-state index in [0.29, 0.717) is 16.5 Å². The number of alkyl halides is 2. The number of nitrogens with zero attached hydrogens (tertiary/aromatic N) is 2. The van der Waals surface area contributed by atoms with Crippen molar-refractivity contribution in [3.63, 3.8) is 0 Å². The summed E-state index contributed by atoms with van der Waals surface area (Å²) in [7, 11) is 1.53. The van der Waals surface area contributed by atoms with Crippen molar-refractivity contribution >= 4 is 23.4 Å². The number of rotatable bonds is 7. The molecule has 6 nitrogen and oxygen atoms in total. The highest BCUT2D eigenvalue weighted by Gasteiger charge is 2.21. The molecule has 0 unspecified atom stereocenters. The number of hydrogen-bond acceptors (Lipinski definition) is 6. The number of nitrogens with one attached hydrogen (secondary N) is 1. The van der Waals surface area contributed by atoms with Gasteiger partial charge in [-0.3, -0.25) is 0 Å². The van der Waals surface area contributed by atoms with Crippen molar-refractivity contribution in [1.29, 1.82) is 0 Å². The minimum atomic E-state index is -2.89. The van der Waals surface area contributed by atoms with Gasteiger partial charge < -0.3 is 20.5 Å². The summed E-state index contributed by atoms with van der Waals surface area (Å²) in [6, 6.07) is 3.41. The topological polar surface area (TPSA) is 82.3 Å². The Labute approximate surface area is 155 Å². The number of benzene rings is 1. The van der Waals surface area contributed by atoms with E-state index >= 15 is 0 Å². The van der Waals surface area contributed by atoms with Crippen LogP contribution in [-0.2, 0) is 0 Å². The van der Waals surface area contributed by atoms with E-state index in [2.05, 4.69) is 15.3 Å². The zero-order valence-electron chi connectivity index (χ0n) is 14.9. The van der Waals surface area contributed by atoms with Crippen LogP contribution in [0.2, 0.25) is 5.02 Å². The number of nitrogen functional groups attached to an aromatic ring is 1. The first-order valence-corrected chi connectivity index (χ1v) is 8.28. The molecule has 0 bridgehead atoms. The van der Waals surface area contributed by atoms with Gasteiger partial charge in [0.25, 0.3) is 5.92 Å². The predicted octanol–water partition coefficient (Wildman–Crippen LogP) is 4.70. The average Bonchev–Trinajstić information content (AvgIpc) is 2.54. The van der Waals surface area contributed by atoms with Crippen LogP contribution < -0.4 is 20.5 Å². The van der Waals surface area contributed by atoms with E-state index in [0.717, 1.165) is 12.5 Å². The summed E-state index contributed by atoms with van der Waals surface area (Å²) in [5, 5.41) is 2.81. The Morgan fingerprint density at radius 1 is 1.27 bits per heavy atom. The molecule has 2 rings (SSSR count). The van der Waals surface area contributed by atoms with E-state index in [1.165, 1.54) is 13.3 Å². The standard InChI is InChI=1S/C17H21ClF2N4O2/c1-9(2)10-5-13(25-4)11(18)6-12(10)26-14-7-22-16(24-15(14)21)23-8-17(3,19)20/h5-7,9H,8H2,1-4H3,(H3,21,22,23,24). The lowest BCUT2D eigenvalue weighted by Crippen LogP contribution is -2.23. The highest BCUT2D eigenvalue weighted by atomic mass is 35.5. The molecule has 2 aromatic rings. The molecule has 0 aliphatic heterocycles. The second-order valence-electron chi connectivity index (χ2n) is 6.15. The lowest BCUT2D eigenvalue weighted by Gasteiger charge is -2.17. The molecule has 0 saturated heterocycles. The third kappa shape index (κ3) is 5.08. The number of aromatic nitrogens is 2. The maximum absolute atomic E-state index is 12.9. The van der Waals surface area contributed by atoms with Gasteiger partial charge in [0.1, 0.15) is 11.5 Å². The summed E-state index contributed by atoms with van der Waals surface area (Å²) in [5.41, 5.74) is 6.73. The van der Waals surface area contributed by atoms with Gasteiger partial charge in [-0.2, -0.15) is 4.98 Å². The highest BCUT2D eigenvalue weighted by Crippen LogP contribution is 2.39. The van der Waals surface area contributed by atoms with Crippen LogP contribution in [-0.4, -0.2) is 29.5 Å². The van der Waals surface area contributed by atoms with E-state index in [9.17, 15) is 8.78 Å². The Morgan fingerprint density at radius 3 is 2.50 bits per heavy atom. The van der Waals surface area contributed by atoms with Gasteiger partial charge in [-0.25, -0.2) is 13.8 Å². The zero-order valence-corrected chi connectivity index (χ0v) is 15.7. The quantitative estimate of drug-likeness (QED) is 0.717. The number of hydrogen-bond donors (Lipinski definition) is 2. The summed E-state index contributed by atoms with van der Waals surface area (Å²) in [5.74, 6) is -1.53. The van der Waals surface area contributed by atoms with E-state index < -0.39 is 12.5 Å². The fourth-order valence-electron chi connectivity index (χ4n) is 2.15. The van der Waals surface area contributed by atoms with Gasteiger partial charge in [0.15, 0.2) is 11.6 Å². The van der Waals surface area contributed by atoms with Crippen molar-refractivity contribution in [3.05, 3.63) is 28.9 Å². The first-order chi connectivity index (χ1) is 12.1. The molecule has 0 saturated carbocycles. The molecule has 0 aliphatic rings. The van der Waals surface area contributed by atoms with Crippen LogP contribution in [0.15, 0.2) is 18.3 Å². The highest BCUT2D eigenvalue weighted by molar-refractivity contribution is 6.32. The van der Waals surface area contributed by atoms with Gasteiger partial charge >= 0.3 is 0 Å². The summed E-state index contributed by atoms with van der Waals surface area (Å²) < 4.78 is 36.8. The molecule has 0 spiro atoms. The summed E-state index contributed by atoms with van der Waals surface area (Å²) in [6.45, 7) is 4.18. The van der Waals surface area contributed by atoms with Gasteiger partial charge in [-0.15, -0.1) is 0 Å². The van der Waals surface area contributed by atoms with Crippen molar-refractivity contribution in [2.45, 2.75) is 32.6 Å². The van der Waals surface area contributed by atoms with Crippen LogP contribution in [0.4, 0.5) is 20.5 Å². The van der Waals surface area contributed by atoms with Crippen LogP contribution >= 0.6 is 11.6 Å². The van der Waals surface area contributed by atoms with Gasteiger partial charge in [0.2, 0.25) is 5.95 Å². The third-order valence-corrected chi connectivity index (χ3v) is 3.76. The SMILES string of the molecule is COc1cc(C(C)C)c(Oc2cnc(NCC(C)(F)F)nc2N)cc1Cl. The van der Waals surface area contributed by atoms with Crippen LogP contribution in [0.25, 0.3) is 0 Å². The summed E-state index contributed by atoms with van der Waals surface area (Å²) >= 11 is 6.17. The minimum Gasteiger partial charge on any atom is -0.495 e. The maximum atomic E-state index is 12.9. The molecule has 1 aromatic carbocycles. The Hall–Kier alpha value is -2.35. The molecule has 1 heterocycles. The lowest BCUT2D eigenvalue weighted by atomic mass is 10.0. The normalized spacial score (nSPS) is 11.5. The molecule has 9 heteroatoms. The summed E-state index contributed by atoms with van der Waals surface area (Å²) in [6.07, 6.45) is 1.32. The third-order valence-electron chi connectivity index (χ3n) is 3.47. The van der Waals surface area contributed by atoms with Gasteiger partial charge in [0.05, 0.1) is 24.9 Å². The first kappa shape index (κ1) is 20.0. The molecule has 0 amide bonds. The molecular formula is C17H21ClF2N4O2. The fraction of sp³-hybridized carbons (Fsp3) is 0.412. The number of methoxy groups -OCH3 is 1. The second-order valence-corrected chi connectivity index (χ2v) is 6.56. The molecule has 1 aromatic heterocycles. The van der Waals surface area contributed by atoms with Crippen molar-refractivity contribution in [2.75, 3.05) is 24.7 Å². The first-order valence-electron chi connectivity index (χ1n) is 7.90. The van der Waals surface area contributed by atoms with Crippen molar-refractivity contribution < 1.29 is 18.3 Å². The van der Waals surface area contributed by atoms with Gasteiger partial charge in [-0.05, 0) is 12.0 Å². The number of ether oxygens (including phenoxy) is 2. The molecule has 0 fully saturated rings. The smallest absolute Gasteiger partial charge is 0.262 e. The van der Waals surface area contributed by atoms with Crippen molar-refractivity contribution in [2.24, 2.45) is 0 Å². The largest absolute Gasteiger partial charge is 0.495 e. The predicted molar refractivity (Wildman–Crippen MR) is 97.7 cm³/mol. The molecule has 3 N–H and O–H groups in total. The Balaban J connectivity index is 2.27. The molecular weight excluding hydrogens is 366 g/mol. The van der Waals surface area contributed by atoms with E-state index in [-0.39, 0.29) is 23.4 Å². The molecule has 142 valence electrons. The summed E-state index contributed by atoms with van der Waals surface area (Å²) in [4.78, 5) is 7.89. The monoisotopic (exact) mass is 386 g/mol. The van der Waals surface area contributed by atoms with Crippen LogP contribution in [0.5, 0.6) is 17.2 Å². The molecule has 0 aliphatic carbocycles. The Bertz CT molecular complexity index is 782. The van der Waals surface area contributed by atoms with Crippen LogP contribution in [0.3, 0.4) is 0 Å². The second kappa shape index (κ2) is 7.90. The maximum Gasteiger partial charge on any atom is 0.262 e. The van der Waals surface area contributed by atoms with Crippen LogP contribution in [0, 0.1) is 0 Å². The Morgan fingerprint density at radius 2 is 1.96 bits per heavy atom. The number of nitrogens with two attached hydrogens (primary N) is 1. The number of anilines is 2. The Kier molecular flexibility index (Phi) is 6.07. The van der Waals surface area contributed by atoms with Crippen molar-refractivity contribution in [3.8, 4) is 17.2 Å². The lowest BCUT2D eigenvalue weighted by molar-refractivity contribution is 0.0366.